The molecule has 1 unspecified atom stereocenters. The van der Waals surface area contributed by atoms with E-state index in [1.54, 1.807) is 6.92 Å². The average molecular weight is 245 g/mol. The van der Waals surface area contributed by atoms with E-state index in [4.69, 9.17) is 4.74 Å². The fourth-order valence-corrected chi connectivity index (χ4v) is 1.32. The topological polar surface area (TPSA) is 81.7 Å². The minimum atomic E-state index is -0.735. The Bertz CT molecular complexity index is 267. The molecule has 0 aromatic carbocycles. The van der Waals surface area contributed by atoms with Crippen molar-refractivity contribution in [3.63, 3.8) is 0 Å². The number of rotatable bonds is 8. The van der Waals surface area contributed by atoms with Crippen molar-refractivity contribution >= 4 is 18.4 Å². The van der Waals surface area contributed by atoms with Crippen molar-refractivity contribution < 1.29 is 23.9 Å². The highest BCUT2D eigenvalue weighted by Crippen LogP contribution is 2.02. The molecule has 0 saturated carbocycles. The predicted molar refractivity (Wildman–Crippen MR) is 60.1 cm³/mol. The number of hydrogen-bond acceptors (Lipinski definition) is 6. The van der Waals surface area contributed by atoms with Crippen molar-refractivity contribution in [3.05, 3.63) is 0 Å². The maximum Gasteiger partial charge on any atom is 0.330 e. The Hall–Kier alpha value is -1.43. The quantitative estimate of drug-likeness (QED) is 0.378. The first-order valence-electron chi connectivity index (χ1n) is 5.63. The van der Waals surface area contributed by atoms with Gasteiger partial charge in [-0.1, -0.05) is 13.3 Å². The summed E-state index contributed by atoms with van der Waals surface area (Å²) in [5, 5.41) is 2.78. The molecule has 0 aromatic rings. The Balaban J connectivity index is 4.37. The van der Waals surface area contributed by atoms with Crippen molar-refractivity contribution in [1.82, 2.24) is 5.32 Å². The summed E-state index contributed by atoms with van der Waals surface area (Å²) in [5.41, 5.74) is 0. The number of esters is 2. The SMILES string of the molecule is CCCC(N[C@@H](C)C(=O)OC=O)C(=O)OCC. The number of hydrogen-bond donors (Lipinski definition) is 1. The predicted octanol–water partition coefficient (Wildman–Crippen LogP) is 0.396. The highest BCUT2D eigenvalue weighted by molar-refractivity contribution is 5.82. The van der Waals surface area contributed by atoms with Gasteiger partial charge in [0.05, 0.1) is 6.61 Å². The fourth-order valence-electron chi connectivity index (χ4n) is 1.32. The number of ether oxygens (including phenoxy) is 2. The van der Waals surface area contributed by atoms with Gasteiger partial charge in [-0.2, -0.15) is 0 Å². The van der Waals surface area contributed by atoms with Gasteiger partial charge in [0.1, 0.15) is 12.1 Å². The molecule has 6 nitrogen and oxygen atoms in total. The summed E-state index contributed by atoms with van der Waals surface area (Å²) in [4.78, 5) is 32.7. The van der Waals surface area contributed by atoms with Crippen LogP contribution in [0.15, 0.2) is 0 Å². The first kappa shape index (κ1) is 15.6. The zero-order valence-corrected chi connectivity index (χ0v) is 10.4. The second-order valence-electron chi connectivity index (χ2n) is 3.51. The van der Waals surface area contributed by atoms with Gasteiger partial charge >= 0.3 is 18.4 Å². The fraction of sp³-hybridized carbons (Fsp3) is 0.727. The van der Waals surface area contributed by atoms with E-state index < -0.39 is 24.0 Å². The van der Waals surface area contributed by atoms with E-state index >= 15 is 0 Å². The van der Waals surface area contributed by atoms with Crippen LogP contribution in [0.4, 0.5) is 0 Å². The lowest BCUT2D eigenvalue weighted by Crippen LogP contribution is -2.46. The summed E-state index contributed by atoms with van der Waals surface area (Å²) in [6, 6.07) is -1.30. The summed E-state index contributed by atoms with van der Waals surface area (Å²) >= 11 is 0. The second kappa shape index (κ2) is 8.69. The minimum Gasteiger partial charge on any atom is -0.465 e. The third-order valence-corrected chi connectivity index (χ3v) is 2.12. The lowest BCUT2D eigenvalue weighted by atomic mass is 10.1. The molecule has 0 aliphatic rings. The molecular formula is C11H19NO5. The Labute approximate surface area is 101 Å². The van der Waals surface area contributed by atoms with E-state index in [-0.39, 0.29) is 13.1 Å². The zero-order chi connectivity index (χ0) is 13.3. The zero-order valence-electron chi connectivity index (χ0n) is 10.4. The van der Waals surface area contributed by atoms with E-state index in [0.29, 0.717) is 6.42 Å². The maximum atomic E-state index is 11.5. The smallest absolute Gasteiger partial charge is 0.330 e. The molecule has 0 saturated heterocycles. The van der Waals surface area contributed by atoms with Crippen LogP contribution in [-0.2, 0) is 23.9 Å². The van der Waals surface area contributed by atoms with Crippen LogP contribution >= 0.6 is 0 Å². The summed E-state index contributed by atoms with van der Waals surface area (Å²) in [5.74, 6) is -1.12. The molecule has 0 radical (unpaired) electrons. The van der Waals surface area contributed by atoms with Gasteiger partial charge in [0.25, 0.3) is 0 Å². The Morgan fingerprint density at radius 3 is 2.41 bits per heavy atom. The second-order valence-corrected chi connectivity index (χ2v) is 3.51. The van der Waals surface area contributed by atoms with Gasteiger partial charge in [-0.05, 0) is 20.3 Å². The number of carbonyl (C=O) groups is 3. The van der Waals surface area contributed by atoms with Gasteiger partial charge in [0.15, 0.2) is 0 Å². The largest absolute Gasteiger partial charge is 0.465 e. The monoisotopic (exact) mass is 245 g/mol. The number of carbonyl (C=O) groups excluding carboxylic acids is 3. The molecular weight excluding hydrogens is 226 g/mol. The first-order chi connectivity index (χ1) is 8.06. The van der Waals surface area contributed by atoms with Gasteiger partial charge < -0.3 is 9.47 Å². The average Bonchev–Trinajstić information content (AvgIpc) is 2.29. The van der Waals surface area contributed by atoms with E-state index in [1.807, 2.05) is 6.92 Å². The van der Waals surface area contributed by atoms with Crippen LogP contribution < -0.4 is 5.32 Å². The highest BCUT2D eigenvalue weighted by atomic mass is 16.6. The van der Waals surface area contributed by atoms with Crippen LogP contribution in [0.25, 0.3) is 0 Å². The van der Waals surface area contributed by atoms with Crippen LogP contribution in [0.2, 0.25) is 0 Å². The molecule has 0 amide bonds. The van der Waals surface area contributed by atoms with Gasteiger partial charge in [-0.15, -0.1) is 0 Å². The van der Waals surface area contributed by atoms with Crippen LogP contribution in [0.5, 0.6) is 0 Å². The van der Waals surface area contributed by atoms with Gasteiger partial charge in [-0.3, -0.25) is 14.9 Å². The Morgan fingerprint density at radius 1 is 1.29 bits per heavy atom. The summed E-state index contributed by atoms with van der Waals surface area (Å²) in [7, 11) is 0. The molecule has 0 heterocycles. The Morgan fingerprint density at radius 2 is 1.94 bits per heavy atom. The normalized spacial score (nSPS) is 13.6. The van der Waals surface area contributed by atoms with Gasteiger partial charge in [-0.25, -0.2) is 4.79 Å². The van der Waals surface area contributed by atoms with Crippen LogP contribution in [-0.4, -0.2) is 37.1 Å². The molecule has 6 heteroatoms. The summed E-state index contributed by atoms with van der Waals surface area (Å²) in [6.45, 7) is 5.51. The van der Waals surface area contributed by atoms with Gasteiger partial charge in [0.2, 0.25) is 0 Å². The molecule has 98 valence electrons. The molecule has 0 fully saturated rings. The lowest BCUT2D eigenvalue weighted by Gasteiger charge is -2.19. The highest BCUT2D eigenvalue weighted by Gasteiger charge is 2.24. The minimum absolute atomic E-state index is 0.0692. The molecule has 2 atom stereocenters. The standard InChI is InChI=1S/C11H19NO5/c1-4-6-9(11(15)16-5-2)12-8(3)10(14)17-7-13/h7-9,12H,4-6H2,1-3H3/t8-,9?/m0/s1. The summed E-state index contributed by atoms with van der Waals surface area (Å²) < 4.78 is 9.06. The van der Waals surface area contributed by atoms with Crippen molar-refractivity contribution in [2.45, 2.75) is 45.7 Å². The first-order valence-corrected chi connectivity index (χ1v) is 5.63. The van der Waals surface area contributed by atoms with Crippen LogP contribution in [0, 0.1) is 0 Å². The molecule has 0 aliphatic heterocycles. The maximum absolute atomic E-state index is 11.5. The number of nitrogens with one attached hydrogen (secondary N) is 1. The van der Waals surface area contributed by atoms with Crippen LogP contribution in [0.1, 0.15) is 33.6 Å². The van der Waals surface area contributed by atoms with Gasteiger partial charge in [0, 0.05) is 0 Å². The van der Waals surface area contributed by atoms with E-state index in [0.717, 1.165) is 6.42 Å². The van der Waals surface area contributed by atoms with Crippen molar-refractivity contribution in [2.24, 2.45) is 0 Å². The summed E-state index contributed by atoms with van der Waals surface area (Å²) in [6.07, 6.45) is 1.32. The molecule has 0 aliphatic carbocycles. The molecule has 0 bridgehead atoms. The Kier molecular flexibility index (Phi) is 7.96. The molecule has 0 rings (SSSR count). The van der Waals surface area contributed by atoms with E-state index in [2.05, 4.69) is 10.1 Å². The lowest BCUT2D eigenvalue weighted by molar-refractivity contribution is -0.153. The molecule has 0 aromatic heterocycles. The van der Waals surface area contributed by atoms with Crippen molar-refractivity contribution in [1.29, 1.82) is 0 Å². The van der Waals surface area contributed by atoms with Crippen molar-refractivity contribution in [3.8, 4) is 0 Å². The van der Waals surface area contributed by atoms with E-state index in [9.17, 15) is 14.4 Å². The van der Waals surface area contributed by atoms with Crippen molar-refractivity contribution in [2.75, 3.05) is 6.61 Å². The molecule has 0 spiro atoms. The third kappa shape index (κ3) is 6.01. The molecule has 1 N–H and O–H groups in total. The van der Waals surface area contributed by atoms with E-state index in [1.165, 1.54) is 6.92 Å². The molecule has 17 heavy (non-hydrogen) atoms. The third-order valence-electron chi connectivity index (χ3n) is 2.12. The van der Waals surface area contributed by atoms with Crippen LogP contribution in [0.3, 0.4) is 0 Å².